The zero-order valence-electron chi connectivity index (χ0n) is 11.2. The fourth-order valence-corrected chi connectivity index (χ4v) is 1.82. The van der Waals surface area contributed by atoms with Gasteiger partial charge in [0.2, 0.25) is 0 Å². The van der Waals surface area contributed by atoms with E-state index >= 15 is 0 Å². The van der Waals surface area contributed by atoms with Gasteiger partial charge in [-0.25, -0.2) is 0 Å². The second-order valence-electron chi connectivity index (χ2n) is 4.42. The summed E-state index contributed by atoms with van der Waals surface area (Å²) in [4.78, 5) is 22.6. The summed E-state index contributed by atoms with van der Waals surface area (Å²) in [6.45, 7) is 1.73. The molecular weight excluding hydrogens is 270 g/mol. The second kappa shape index (κ2) is 5.84. The first kappa shape index (κ1) is 14.2. The molecule has 6 nitrogen and oxygen atoms in total. The van der Waals surface area contributed by atoms with Crippen LogP contribution in [0.25, 0.3) is 0 Å². The summed E-state index contributed by atoms with van der Waals surface area (Å²) in [7, 11) is 0. The summed E-state index contributed by atoms with van der Waals surface area (Å²) in [6, 6.07) is 12.6. The Hall–Kier alpha value is -3.20. The summed E-state index contributed by atoms with van der Waals surface area (Å²) in [5.74, 6) is -0.501. The number of nitro benzene ring substituents is 1. The number of nitriles is 1. The molecule has 2 aromatic rings. The number of aryl methyl sites for hydroxylation is 1. The third-order valence-corrected chi connectivity index (χ3v) is 2.85. The molecule has 0 unspecified atom stereocenters. The summed E-state index contributed by atoms with van der Waals surface area (Å²) in [6.07, 6.45) is 0. The van der Waals surface area contributed by atoms with Crippen LogP contribution in [0.15, 0.2) is 42.5 Å². The standard InChI is InChI=1S/C15H11N3O3/c1-10-5-6-13(14(7-10)18(20)21)17-15(19)12-4-2-3-11(8-12)9-16/h2-8H,1H3,(H,17,19). The van der Waals surface area contributed by atoms with Crippen molar-refractivity contribution in [3.63, 3.8) is 0 Å². The number of rotatable bonds is 3. The Morgan fingerprint density at radius 1 is 1.29 bits per heavy atom. The molecule has 0 radical (unpaired) electrons. The van der Waals surface area contributed by atoms with Crippen molar-refractivity contribution in [1.29, 1.82) is 5.26 Å². The summed E-state index contributed by atoms with van der Waals surface area (Å²) in [5.41, 5.74) is 1.30. The number of nitro groups is 1. The Labute approximate surface area is 120 Å². The number of benzene rings is 2. The molecule has 104 valence electrons. The maximum absolute atomic E-state index is 12.1. The first-order valence-corrected chi connectivity index (χ1v) is 6.08. The largest absolute Gasteiger partial charge is 0.316 e. The maximum atomic E-state index is 12.1. The average molecular weight is 281 g/mol. The van der Waals surface area contributed by atoms with Gasteiger partial charge >= 0.3 is 0 Å². The minimum atomic E-state index is -0.547. The fraction of sp³-hybridized carbons (Fsp3) is 0.0667. The van der Waals surface area contributed by atoms with Crippen LogP contribution in [-0.4, -0.2) is 10.8 Å². The van der Waals surface area contributed by atoms with E-state index in [0.717, 1.165) is 5.56 Å². The predicted octanol–water partition coefficient (Wildman–Crippen LogP) is 3.03. The van der Waals surface area contributed by atoms with Crippen molar-refractivity contribution >= 4 is 17.3 Å². The highest BCUT2D eigenvalue weighted by atomic mass is 16.6. The topological polar surface area (TPSA) is 96.0 Å². The van der Waals surface area contributed by atoms with Crippen molar-refractivity contribution in [2.45, 2.75) is 6.92 Å². The molecule has 0 saturated heterocycles. The van der Waals surface area contributed by atoms with Gasteiger partial charge in [0.15, 0.2) is 0 Å². The lowest BCUT2D eigenvalue weighted by molar-refractivity contribution is -0.384. The molecule has 0 aliphatic heterocycles. The Morgan fingerprint density at radius 3 is 2.71 bits per heavy atom. The molecule has 1 amide bonds. The van der Waals surface area contributed by atoms with Crippen LogP contribution < -0.4 is 5.32 Å². The molecule has 0 heterocycles. The number of carbonyl (C=O) groups excluding carboxylic acids is 1. The molecule has 0 saturated carbocycles. The van der Waals surface area contributed by atoms with E-state index in [1.54, 1.807) is 25.1 Å². The Morgan fingerprint density at radius 2 is 2.05 bits per heavy atom. The van der Waals surface area contributed by atoms with Crippen molar-refractivity contribution in [2.24, 2.45) is 0 Å². The molecule has 2 aromatic carbocycles. The van der Waals surface area contributed by atoms with Crippen LogP contribution in [0.1, 0.15) is 21.5 Å². The zero-order valence-corrected chi connectivity index (χ0v) is 11.2. The van der Waals surface area contributed by atoms with E-state index in [4.69, 9.17) is 5.26 Å². The average Bonchev–Trinajstić information content (AvgIpc) is 2.48. The first-order chi connectivity index (χ1) is 10.0. The van der Waals surface area contributed by atoms with Gasteiger partial charge in [0, 0.05) is 11.6 Å². The lowest BCUT2D eigenvalue weighted by Crippen LogP contribution is -2.13. The molecule has 6 heteroatoms. The van der Waals surface area contributed by atoms with Crippen molar-refractivity contribution in [3.05, 3.63) is 69.3 Å². The summed E-state index contributed by atoms with van der Waals surface area (Å²) < 4.78 is 0. The molecule has 0 aromatic heterocycles. The normalized spacial score (nSPS) is 9.71. The van der Waals surface area contributed by atoms with E-state index < -0.39 is 10.8 Å². The van der Waals surface area contributed by atoms with Gasteiger partial charge in [0.1, 0.15) is 5.69 Å². The van der Waals surface area contributed by atoms with Gasteiger partial charge in [0.05, 0.1) is 16.6 Å². The van der Waals surface area contributed by atoms with Crippen LogP contribution in [0.4, 0.5) is 11.4 Å². The zero-order chi connectivity index (χ0) is 15.4. The van der Waals surface area contributed by atoms with Gasteiger partial charge in [-0.2, -0.15) is 5.26 Å². The third kappa shape index (κ3) is 3.22. The molecule has 0 atom stereocenters. The molecular formula is C15H11N3O3. The quantitative estimate of drug-likeness (QED) is 0.690. The Kier molecular flexibility index (Phi) is 3.95. The monoisotopic (exact) mass is 281 g/mol. The van der Waals surface area contributed by atoms with E-state index in [0.29, 0.717) is 5.56 Å². The number of nitrogens with zero attached hydrogens (tertiary/aromatic N) is 2. The van der Waals surface area contributed by atoms with Crippen LogP contribution in [-0.2, 0) is 0 Å². The van der Waals surface area contributed by atoms with Crippen LogP contribution in [0, 0.1) is 28.4 Å². The van der Waals surface area contributed by atoms with Gasteiger partial charge in [-0.1, -0.05) is 12.1 Å². The molecule has 0 spiro atoms. The molecule has 1 N–H and O–H groups in total. The van der Waals surface area contributed by atoms with Crippen molar-refractivity contribution in [1.82, 2.24) is 0 Å². The summed E-state index contributed by atoms with van der Waals surface area (Å²) >= 11 is 0. The van der Waals surface area contributed by atoms with Crippen molar-refractivity contribution in [2.75, 3.05) is 5.32 Å². The smallest absolute Gasteiger partial charge is 0.293 e. The number of carbonyl (C=O) groups is 1. The highest BCUT2D eigenvalue weighted by Crippen LogP contribution is 2.25. The van der Waals surface area contributed by atoms with E-state index in [9.17, 15) is 14.9 Å². The number of hydrogen-bond donors (Lipinski definition) is 1. The van der Waals surface area contributed by atoms with Crippen LogP contribution in [0.2, 0.25) is 0 Å². The van der Waals surface area contributed by atoms with E-state index in [1.807, 2.05) is 6.07 Å². The Bertz CT molecular complexity index is 763. The van der Waals surface area contributed by atoms with Gasteiger partial charge in [-0.3, -0.25) is 14.9 Å². The molecule has 0 bridgehead atoms. The predicted molar refractivity (Wildman–Crippen MR) is 76.9 cm³/mol. The van der Waals surface area contributed by atoms with E-state index in [2.05, 4.69) is 5.32 Å². The first-order valence-electron chi connectivity index (χ1n) is 6.08. The molecule has 2 rings (SSSR count). The minimum Gasteiger partial charge on any atom is -0.316 e. The highest BCUT2D eigenvalue weighted by molar-refractivity contribution is 6.05. The number of hydrogen-bond acceptors (Lipinski definition) is 4. The molecule has 0 aliphatic carbocycles. The van der Waals surface area contributed by atoms with Crippen molar-refractivity contribution in [3.8, 4) is 6.07 Å². The summed E-state index contributed by atoms with van der Waals surface area (Å²) in [5, 5.41) is 22.3. The van der Waals surface area contributed by atoms with Gasteiger partial charge in [-0.05, 0) is 36.8 Å². The number of amides is 1. The fourth-order valence-electron chi connectivity index (χ4n) is 1.82. The highest BCUT2D eigenvalue weighted by Gasteiger charge is 2.16. The number of anilines is 1. The second-order valence-corrected chi connectivity index (χ2v) is 4.42. The van der Waals surface area contributed by atoms with Crippen LogP contribution in [0.5, 0.6) is 0 Å². The van der Waals surface area contributed by atoms with Gasteiger partial charge in [0.25, 0.3) is 11.6 Å². The SMILES string of the molecule is Cc1ccc(NC(=O)c2cccc(C#N)c2)c([N+](=O)[O-])c1. The Balaban J connectivity index is 2.32. The minimum absolute atomic E-state index is 0.123. The van der Waals surface area contributed by atoms with E-state index in [1.165, 1.54) is 24.3 Å². The molecule has 0 aliphatic rings. The lowest BCUT2D eigenvalue weighted by atomic mass is 10.1. The van der Waals surface area contributed by atoms with Crippen LogP contribution >= 0.6 is 0 Å². The van der Waals surface area contributed by atoms with Gasteiger partial charge in [-0.15, -0.1) is 0 Å². The van der Waals surface area contributed by atoms with Gasteiger partial charge < -0.3 is 5.32 Å². The van der Waals surface area contributed by atoms with Crippen molar-refractivity contribution < 1.29 is 9.72 Å². The third-order valence-electron chi connectivity index (χ3n) is 2.85. The van der Waals surface area contributed by atoms with Crippen LogP contribution in [0.3, 0.4) is 0 Å². The number of nitrogens with one attached hydrogen (secondary N) is 1. The maximum Gasteiger partial charge on any atom is 0.293 e. The molecule has 0 fully saturated rings. The molecule has 21 heavy (non-hydrogen) atoms. The lowest BCUT2D eigenvalue weighted by Gasteiger charge is -2.07. The van der Waals surface area contributed by atoms with E-state index in [-0.39, 0.29) is 16.9 Å².